The summed E-state index contributed by atoms with van der Waals surface area (Å²) in [5.41, 5.74) is 2.52. The van der Waals surface area contributed by atoms with Crippen LogP contribution in [0.25, 0.3) is 0 Å². The minimum absolute atomic E-state index is 0.365. The lowest BCUT2D eigenvalue weighted by molar-refractivity contribution is -0.116. The molecule has 0 fully saturated rings. The average molecular weight is 265 g/mol. The number of amides is 1. The molecular weight excluding hydrogens is 250 g/mol. The number of hydrogen-bond donors (Lipinski definition) is 1. The molecule has 0 aliphatic rings. The SMILES string of the molecule is Cc1cc(C)nc(NC(=O)C(C#N)c2ccccc2)c1. The van der Waals surface area contributed by atoms with E-state index in [4.69, 9.17) is 0 Å². The molecule has 1 unspecified atom stereocenters. The van der Waals surface area contributed by atoms with E-state index in [1.54, 1.807) is 18.2 Å². The minimum atomic E-state index is -0.834. The summed E-state index contributed by atoms with van der Waals surface area (Å²) in [5, 5.41) is 11.9. The van der Waals surface area contributed by atoms with Gasteiger partial charge in [-0.3, -0.25) is 4.79 Å². The van der Waals surface area contributed by atoms with Crippen LogP contribution in [-0.2, 0) is 4.79 Å². The molecule has 0 saturated carbocycles. The lowest BCUT2D eigenvalue weighted by atomic mass is 10.00. The van der Waals surface area contributed by atoms with Gasteiger partial charge in [-0.05, 0) is 37.1 Å². The standard InChI is InChI=1S/C16H15N3O/c1-11-8-12(2)18-15(9-11)19-16(20)14(10-17)13-6-4-3-5-7-13/h3-9,14H,1-2H3,(H,18,19,20). The summed E-state index contributed by atoms with van der Waals surface area (Å²) in [4.78, 5) is 16.4. The number of carbonyl (C=O) groups is 1. The lowest BCUT2D eigenvalue weighted by Gasteiger charge is -2.11. The number of aromatic nitrogens is 1. The normalized spacial score (nSPS) is 11.4. The molecule has 1 aromatic carbocycles. The Balaban J connectivity index is 2.20. The number of aryl methyl sites for hydroxylation is 2. The Morgan fingerprint density at radius 2 is 1.95 bits per heavy atom. The molecule has 0 aliphatic carbocycles. The van der Waals surface area contributed by atoms with E-state index in [0.29, 0.717) is 11.4 Å². The Labute approximate surface area is 118 Å². The molecule has 0 radical (unpaired) electrons. The molecule has 1 atom stereocenters. The molecule has 0 aliphatic heterocycles. The highest BCUT2D eigenvalue weighted by molar-refractivity contribution is 5.97. The van der Waals surface area contributed by atoms with E-state index < -0.39 is 5.92 Å². The Bertz CT molecular complexity index is 639. The first-order valence-electron chi connectivity index (χ1n) is 6.31. The summed E-state index contributed by atoms with van der Waals surface area (Å²) >= 11 is 0. The van der Waals surface area contributed by atoms with Crippen molar-refractivity contribution in [1.82, 2.24) is 4.98 Å². The topological polar surface area (TPSA) is 65.8 Å². The van der Waals surface area contributed by atoms with E-state index in [0.717, 1.165) is 11.3 Å². The van der Waals surface area contributed by atoms with Crippen LogP contribution >= 0.6 is 0 Å². The van der Waals surface area contributed by atoms with Gasteiger partial charge < -0.3 is 5.32 Å². The monoisotopic (exact) mass is 265 g/mol. The van der Waals surface area contributed by atoms with Crippen molar-refractivity contribution < 1.29 is 4.79 Å². The van der Waals surface area contributed by atoms with Crippen LogP contribution < -0.4 is 5.32 Å². The van der Waals surface area contributed by atoms with Gasteiger partial charge in [-0.25, -0.2) is 4.98 Å². The Hall–Kier alpha value is -2.67. The average Bonchev–Trinajstić information content (AvgIpc) is 2.39. The highest BCUT2D eigenvalue weighted by Crippen LogP contribution is 2.17. The summed E-state index contributed by atoms with van der Waals surface area (Å²) in [6.45, 7) is 3.80. The summed E-state index contributed by atoms with van der Waals surface area (Å²) in [7, 11) is 0. The van der Waals surface area contributed by atoms with Crippen LogP contribution in [-0.4, -0.2) is 10.9 Å². The van der Waals surface area contributed by atoms with Crippen molar-refractivity contribution in [2.75, 3.05) is 5.32 Å². The zero-order chi connectivity index (χ0) is 14.5. The quantitative estimate of drug-likeness (QED) is 0.927. The second-order valence-corrected chi connectivity index (χ2v) is 4.63. The third-order valence-corrected chi connectivity index (χ3v) is 2.87. The van der Waals surface area contributed by atoms with E-state index in [-0.39, 0.29) is 5.91 Å². The van der Waals surface area contributed by atoms with E-state index >= 15 is 0 Å². The molecule has 100 valence electrons. The number of carbonyl (C=O) groups excluding carboxylic acids is 1. The predicted octanol–water partition coefficient (Wildman–Crippen LogP) is 2.94. The molecule has 1 aromatic heterocycles. The first kappa shape index (κ1) is 13.8. The van der Waals surface area contributed by atoms with Crippen LogP contribution in [0.2, 0.25) is 0 Å². The molecule has 4 heteroatoms. The van der Waals surface area contributed by atoms with E-state index in [1.807, 2.05) is 44.2 Å². The van der Waals surface area contributed by atoms with Gasteiger partial charge >= 0.3 is 0 Å². The van der Waals surface area contributed by atoms with Gasteiger partial charge in [-0.15, -0.1) is 0 Å². The molecule has 0 bridgehead atoms. The van der Waals surface area contributed by atoms with Gasteiger partial charge in [0.2, 0.25) is 5.91 Å². The van der Waals surface area contributed by atoms with Crippen LogP contribution in [0.3, 0.4) is 0 Å². The van der Waals surface area contributed by atoms with Crippen molar-refractivity contribution in [2.24, 2.45) is 0 Å². The lowest BCUT2D eigenvalue weighted by Crippen LogP contribution is -2.20. The van der Waals surface area contributed by atoms with Gasteiger partial charge in [0.25, 0.3) is 0 Å². The first-order valence-corrected chi connectivity index (χ1v) is 6.31. The second kappa shape index (κ2) is 5.98. The summed E-state index contributed by atoms with van der Waals surface area (Å²) in [6.07, 6.45) is 0. The Morgan fingerprint density at radius 1 is 1.25 bits per heavy atom. The second-order valence-electron chi connectivity index (χ2n) is 4.63. The minimum Gasteiger partial charge on any atom is -0.309 e. The van der Waals surface area contributed by atoms with Crippen molar-refractivity contribution in [3.63, 3.8) is 0 Å². The van der Waals surface area contributed by atoms with Gasteiger partial charge in [0.05, 0.1) is 6.07 Å². The van der Waals surface area contributed by atoms with E-state index in [9.17, 15) is 10.1 Å². The zero-order valence-corrected chi connectivity index (χ0v) is 11.4. The van der Waals surface area contributed by atoms with Crippen molar-refractivity contribution in [1.29, 1.82) is 5.26 Å². The first-order chi connectivity index (χ1) is 9.60. The molecule has 1 amide bonds. The largest absolute Gasteiger partial charge is 0.309 e. The van der Waals surface area contributed by atoms with Crippen LogP contribution in [0.4, 0.5) is 5.82 Å². The maximum absolute atomic E-state index is 12.2. The summed E-state index contributed by atoms with van der Waals surface area (Å²) in [6, 6.07) is 14.7. The number of rotatable bonds is 3. The summed E-state index contributed by atoms with van der Waals surface area (Å²) in [5.74, 6) is -0.723. The Kier molecular flexibility index (Phi) is 4.11. The fourth-order valence-corrected chi connectivity index (χ4v) is 2.03. The van der Waals surface area contributed by atoms with Crippen molar-refractivity contribution >= 4 is 11.7 Å². The molecule has 1 heterocycles. The molecular formula is C16H15N3O. The molecule has 1 N–H and O–H groups in total. The molecule has 2 aromatic rings. The molecule has 0 spiro atoms. The number of hydrogen-bond acceptors (Lipinski definition) is 3. The highest BCUT2D eigenvalue weighted by Gasteiger charge is 2.20. The fourth-order valence-electron chi connectivity index (χ4n) is 2.03. The number of anilines is 1. The smallest absolute Gasteiger partial charge is 0.247 e. The highest BCUT2D eigenvalue weighted by atomic mass is 16.1. The van der Waals surface area contributed by atoms with Gasteiger partial charge in [0.15, 0.2) is 5.92 Å². The van der Waals surface area contributed by atoms with Gasteiger partial charge in [0, 0.05) is 5.69 Å². The molecule has 4 nitrogen and oxygen atoms in total. The van der Waals surface area contributed by atoms with Crippen molar-refractivity contribution in [3.8, 4) is 6.07 Å². The number of pyridine rings is 1. The predicted molar refractivity (Wildman–Crippen MR) is 77.1 cm³/mol. The third-order valence-electron chi connectivity index (χ3n) is 2.87. The third kappa shape index (κ3) is 3.21. The van der Waals surface area contributed by atoms with Crippen molar-refractivity contribution in [3.05, 3.63) is 59.3 Å². The van der Waals surface area contributed by atoms with Crippen LogP contribution in [0.5, 0.6) is 0 Å². The molecule has 20 heavy (non-hydrogen) atoms. The van der Waals surface area contributed by atoms with Crippen LogP contribution in [0.15, 0.2) is 42.5 Å². The molecule has 0 saturated heterocycles. The number of nitrogens with zero attached hydrogens (tertiary/aromatic N) is 2. The molecule has 2 rings (SSSR count). The van der Waals surface area contributed by atoms with Gasteiger partial charge in [-0.1, -0.05) is 30.3 Å². The van der Waals surface area contributed by atoms with Crippen LogP contribution in [0.1, 0.15) is 22.7 Å². The number of benzene rings is 1. The van der Waals surface area contributed by atoms with Gasteiger partial charge in [0.1, 0.15) is 5.82 Å². The Morgan fingerprint density at radius 3 is 2.55 bits per heavy atom. The fraction of sp³-hybridized carbons (Fsp3) is 0.188. The number of nitrogens with one attached hydrogen (secondary N) is 1. The van der Waals surface area contributed by atoms with Gasteiger partial charge in [-0.2, -0.15) is 5.26 Å². The number of nitriles is 1. The van der Waals surface area contributed by atoms with Crippen LogP contribution in [0, 0.1) is 25.2 Å². The zero-order valence-electron chi connectivity index (χ0n) is 11.4. The van der Waals surface area contributed by atoms with Crippen molar-refractivity contribution in [2.45, 2.75) is 19.8 Å². The van der Waals surface area contributed by atoms with E-state index in [2.05, 4.69) is 10.3 Å². The maximum atomic E-state index is 12.2. The maximum Gasteiger partial charge on any atom is 0.247 e. The van der Waals surface area contributed by atoms with E-state index in [1.165, 1.54) is 0 Å². The summed E-state index contributed by atoms with van der Waals surface area (Å²) < 4.78 is 0.